The second kappa shape index (κ2) is 8.03. The minimum absolute atomic E-state index is 0.0227. The molecule has 0 saturated heterocycles. The predicted molar refractivity (Wildman–Crippen MR) is 96.7 cm³/mol. The van der Waals surface area contributed by atoms with Crippen LogP contribution in [0.25, 0.3) is 0 Å². The van der Waals surface area contributed by atoms with Crippen LogP contribution in [0.1, 0.15) is 35.6 Å². The number of ether oxygens (including phenoxy) is 1. The third-order valence-electron chi connectivity index (χ3n) is 4.63. The van der Waals surface area contributed by atoms with Gasteiger partial charge in [0.1, 0.15) is 5.75 Å². The van der Waals surface area contributed by atoms with E-state index in [0.717, 1.165) is 42.9 Å². The highest BCUT2D eigenvalue weighted by atomic mass is 19.4. The molecule has 1 heterocycles. The van der Waals surface area contributed by atoms with Crippen LogP contribution in [0.2, 0.25) is 0 Å². The fourth-order valence-corrected chi connectivity index (χ4v) is 3.24. The lowest BCUT2D eigenvalue weighted by Gasteiger charge is -2.15. The van der Waals surface area contributed by atoms with Gasteiger partial charge in [-0.05, 0) is 54.7 Å². The van der Waals surface area contributed by atoms with Crippen molar-refractivity contribution < 1.29 is 22.7 Å². The summed E-state index contributed by atoms with van der Waals surface area (Å²) in [6.45, 7) is 2.66. The predicted octanol–water partition coefficient (Wildman–Crippen LogP) is 4.32. The lowest BCUT2D eigenvalue weighted by atomic mass is 10.0. The molecule has 1 aliphatic rings. The van der Waals surface area contributed by atoms with Crippen LogP contribution in [-0.4, -0.2) is 18.6 Å². The number of amides is 1. The van der Waals surface area contributed by atoms with Crippen LogP contribution in [0.3, 0.4) is 0 Å². The third kappa shape index (κ3) is 5.25. The molecular formula is C21H22F3NO2. The summed E-state index contributed by atoms with van der Waals surface area (Å²) in [5.74, 6) is 0.832. The molecule has 0 radical (unpaired) electrons. The molecule has 1 atom stereocenters. The summed E-state index contributed by atoms with van der Waals surface area (Å²) in [5, 5.41) is 2.95. The van der Waals surface area contributed by atoms with Gasteiger partial charge < -0.3 is 10.1 Å². The highest BCUT2D eigenvalue weighted by Gasteiger charge is 2.29. The van der Waals surface area contributed by atoms with E-state index in [0.29, 0.717) is 12.0 Å². The molecule has 3 nitrogen and oxygen atoms in total. The van der Waals surface area contributed by atoms with Crippen LogP contribution in [0, 0.1) is 0 Å². The summed E-state index contributed by atoms with van der Waals surface area (Å²) in [4.78, 5) is 12.1. The molecular weight excluding hydrogens is 355 g/mol. The highest BCUT2D eigenvalue weighted by Crippen LogP contribution is 2.29. The summed E-state index contributed by atoms with van der Waals surface area (Å²) < 4.78 is 43.2. The number of rotatable bonds is 6. The van der Waals surface area contributed by atoms with Crippen molar-refractivity contribution in [3.05, 3.63) is 64.7 Å². The lowest BCUT2D eigenvalue weighted by molar-refractivity contribution is -0.137. The molecule has 0 fully saturated rings. The van der Waals surface area contributed by atoms with E-state index in [1.807, 2.05) is 19.1 Å². The van der Waals surface area contributed by atoms with Crippen LogP contribution in [0.4, 0.5) is 13.2 Å². The first-order valence-electron chi connectivity index (χ1n) is 9.01. The highest BCUT2D eigenvalue weighted by molar-refractivity contribution is 5.76. The van der Waals surface area contributed by atoms with E-state index in [9.17, 15) is 18.0 Å². The summed E-state index contributed by atoms with van der Waals surface area (Å²) in [7, 11) is 0. The Hall–Kier alpha value is -2.50. The maximum Gasteiger partial charge on any atom is 0.416 e. The topological polar surface area (TPSA) is 38.3 Å². The van der Waals surface area contributed by atoms with Crippen LogP contribution < -0.4 is 10.1 Å². The van der Waals surface area contributed by atoms with Crippen molar-refractivity contribution in [3.8, 4) is 5.75 Å². The Kier molecular flexibility index (Phi) is 5.73. The maximum absolute atomic E-state index is 12.6. The van der Waals surface area contributed by atoms with E-state index in [2.05, 4.69) is 11.4 Å². The number of fused-ring (bicyclic) bond motifs is 1. The van der Waals surface area contributed by atoms with Crippen LogP contribution in [0.5, 0.6) is 5.75 Å². The number of halogens is 3. The summed E-state index contributed by atoms with van der Waals surface area (Å²) in [6.07, 6.45) is -2.05. The molecule has 1 amide bonds. The quantitative estimate of drug-likeness (QED) is 0.814. The first-order chi connectivity index (χ1) is 12.8. The van der Waals surface area contributed by atoms with Gasteiger partial charge in [0.2, 0.25) is 5.91 Å². The average molecular weight is 377 g/mol. The SMILES string of the molecule is C[C@H](Cc1ccc2c(c1)CCO2)NC(=O)CCc1ccc(C(F)(F)F)cc1. The number of carbonyl (C=O) groups is 1. The Bertz CT molecular complexity index is 800. The Morgan fingerprint density at radius 3 is 2.56 bits per heavy atom. The molecule has 3 rings (SSSR count). The molecule has 0 saturated carbocycles. The van der Waals surface area contributed by atoms with Gasteiger partial charge in [-0.15, -0.1) is 0 Å². The maximum atomic E-state index is 12.6. The monoisotopic (exact) mass is 377 g/mol. The smallest absolute Gasteiger partial charge is 0.416 e. The second-order valence-electron chi connectivity index (χ2n) is 6.91. The van der Waals surface area contributed by atoms with Crippen molar-refractivity contribution in [2.75, 3.05) is 6.61 Å². The van der Waals surface area contributed by atoms with E-state index in [1.165, 1.54) is 17.7 Å². The van der Waals surface area contributed by atoms with Gasteiger partial charge in [-0.3, -0.25) is 4.79 Å². The molecule has 0 aromatic heterocycles. The van der Waals surface area contributed by atoms with Crippen LogP contribution in [-0.2, 0) is 30.2 Å². The number of nitrogens with one attached hydrogen (secondary N) is 1. The van der Waals surface area contributed by atoms with Gasteiger partial charge in [0.25, 0.3) is 0 Å². The van der Waals surface area contributed by atoms with Crippen molar-refractivity contribution in [3.63, 3.8) is 0 Å². The van der Waals surface area contributed by atoms with E-state index in [1.54, 1.807) is 0 Å². The van der Waals surface area contributed by atoms with Gasteiger partial charge in [0, 0.05) is 18.9 Å². The largest absolute Gasteiger partial charge is 0.493 e. The van der Waals surface area contributed by atoms with Crippen molar-refractivity contribution in [1.82, 2.24) is 5.32 Å². The second-order valence-corrected chi connectivity index (χ2v) is 6.91. The molecule has 0 bridgehead atoms. The minimum Gasteiger partial charge on any atom is -0.493 e. The molecule has 1 aliphatic heterocycles. The van der Waals surface area contributed by atoms with Gasteiger partial charge in [0.05, 0.1) is 12.2 Å². The number of benzene rings is 2. The first-order valence-corrected chi connectivity index (χ1v) is 9.01. The molecule has 144 valence electrons. The van der Waals surface area contributed by atoms with E-state index in [-0.39, 0.29) is 18.4 Å². The number of alkyl halides is 3. The van der Waals surface area contributed by atoms with Gasteiger partial charge in [-0.25, -0.2) is 0 Å². The van der Waals surface area contributed by atoms with Crippen LogP contribution in [0.15, 0.2) is 42.5 Å². The zero-order valence-corrected chi connectivity index (χ0v) is 15.1. The number of hydrogen-bond donors (Lipinski definition) is 1. The normalized spacial score (nSPS) is 14.4. The fraction of sp³-hybridized carbons (Fsp3) is 0.381. The fourth-order valence-electron chi connectivity index (χ4n) is 3.24. The number of carbonyl (C=O) groups excluding carboxylic acids is 1. The average Bonchev–Trinajstić information content (AvgIpc) is 3.07. The molecule has 1 N–H and O–H groups in total. The third-order valence-corrected chi connectivity index (χ3v) is 4.63. The minimum atomic E-state index is -4.34. The number of hydrogen-bond acceptors (Lipinski definition) is 2. The zero-order valence-electron chi connectivity index (χ0n) is 15.1. The first kappa shape index (κ1) is 19.3. The van der Waals surface area contributed by atoms with Gasteiger partial charge >= 0.3 is 6.18 Å². The van der Waals surface area contributed by atoms with Gasteiger partial charge in [-0.1, -0.05) is 24.3 Å². The van der Waals surface area contributed by atoms with Gasteiger partial charge in [0.15, 0.2) is 0 Å². The van der Waals surface area contributed by atoms with Gasteiger partial charge in [-0.2, -0.15) is 13.2 Å². The summed E-state index contributed by atoms with van der Waals surface area (Å²) >= 11 is 0. The molecule has 0 spiro atoms. The van der Waals surface area contributed by atoms with E-state index >= 15 is 0 Å². The van der Waals surface area contributed by atoms with Crippen molar-refractivity contribution >= 4 is 5.91 Å². The molecule has 2 aromatic carbocycles. The Balaban J connectivity index is 1.46. The van der Waals surface area contributed by atoms with E-state index < -0.39 is 11.7 Å². The lowest BCUT2D eigenvalue weighted by Crippen LogP contribution is -2.34. The van der Waals surface area contributed by atoms with Crippen molar-refractivity contribution in [1.29, 1.82) is 0 Å². The van der Waals surface area contributed by atoms with Crippen molar-refractivity contribution in [2.24, 2.45) is 0 Å². The molecule has 2 aromatic rings. The van der Waals surface area contributed by atoms with E-state index in [4.69, 9.17) is 4.74 Å². The molecule has 0 unspecified atom stereocenters. The summed E-state index contributed by atoms with van der Waals surface area (Å²) in [5.41, 5.74) is 2.39. The molecule has 0 aliphatic carbocycles. The Morgan fingerprint density at radius 2 is 1.85 bits per heavy atom. The Morgan fingerprint density at radius 1 is 1.15 bits per heavy atom. The molecule has 27 heavy (non-hydrogen) atoms. The Labute approximate surface area is 156 Å². The van der Waals surface area contributed by atoms with Crippen molar-refractivity contribution in [2.45, 2.75) is 44.8 Å². The molecule has 6 heteroatoms. The summed E-state index contributed by atoms with van der Waals surface area (Å²) in [6, 6.07) is 11.0. The van der Waals surface area contributed by atoms with Crippen LogP contribution >= 0.6 is 0 Å². The number of aryl methyl sites for hydroxylation is 1. The standard InChI is InChI=1S/C21H22F3NO2/c1-14(12-16-4-8-19-17(13-16)10-11-27-19)25-20(26)9-5-15-2-6-18(7-3-15)21(22,23)24/h2-4,6-8,13-14H,5,9-12H2,1H3,(H,25,26)/t14-/m1/s1. The zero-order chi connectivity index (χ0) is 19.4.